The monoisotopic (exact) mass is 278 g/mol. The van der Waals surface area contributed by atoms with Gasteiger partial charge >= 0.3 is 0 Å². The highest BCUT2D eigenvalue weighted by Crippen LogP contribution is 2.20. The van der Waals surface area contributed by atoms with Crippen LogP contribution in [0.2, 0.25) is 0 Å². The van der Waals surface area contributed by atoms with Gasteiger partial charge in [0.15, 0.2) is 10.8 Å². The van der Waals surface area contributed by atoms with Crippen LogP contribution < -0.4 is 5.14 Å². The average Bonchev–Trinajstić information content (AvgIpc) is 2.66. The van der Waals surface area contributed by atoms with Crippen LogP contribution in [0.3, 0.4) is 0 Å². The molecule has 2 aromatic heterocycles. The fraction of sp³-hybridized carbons (Fsp3) is 0.200. The summed E-state index contributed by atoms with van der Waals surface area (Å²) >= 11 is 0. The normalized spacial score (nSPS) is 11.3. The predicted octanol–water partition coefficient (Wildman–Crippen LogP) is -0.202. The smallest absolute Gasteiger partial charge is 0.223 e. The third kappa shape index (κ3) is 2.31. The Morgan fingerprint density at radius 1 is 1.32 bits per heavy atom. The lowest BCUT2D eigenvalue weighted by molar-refractivity contribution is 0.585. The Bertz CT molecular complexity index is 770. The Labute approximate surface area is 109 Å². The molecule has 0 bridgehead atoms. The van der Waals surface area contributed by atoms with Gasteiger partial charge in [0.2, 0.25) is 0 Å². The van der Waals surface area contributed by atoms with Gasteiger partial charge < -0.3 is 0 Å². The third-order valence-electron chi connectivity index (χ3n) is 2.40. The van der Waals surface area contributed by atoms with Gasteiger partial charge in [0.1, 0.15) is 11.6 Å². The van der Waals surface area contributed by atoms with Gasteiger partial charge in [-0.3, -0.25) is 0 Å². The molecule has 2 rings (SSSR count). The van der Waals surface area contributed by atoms with Crippen LogP contribution in [-0.4, -0.2) is 28.4 Å². The van der Waals surface area contributed by atoms with Crippen LogP contribution in [0.5, 0.6) is 0 Å². The molecule has 9 heteroatoms. The van der Waals surface area contributed by atoms with E-state index in [2.05, 4.69) is 15.3 Å². The van der Waals surface area contributed by atoms with E-state index in [1.165, 1.54) is 6.92 Å². The summed E-state index contributed by atoms with van der Waals surface area (Å²) in [5, 5.41) is 25.4. The lowest BCUT2D eigenvalue weighted by atomic mass is 10.3. The number of aromatic nitrogens is 4. The van der Waals surface area contributed by atoms with E-state index < -0.39 is 10.0 Å². The topological polar surface area (TPSA) is 128 Å². The van der Waals surface area contributed by atoms with Crippen LogP contribution >= 0.6 is 0 Å². The molecule has 0 aliphatic rings. The fourth-order valence-corrected chi connectivity index (χ4v) is 2.41. The molecular weight excluding hydrogens is 268 g/mol. The molecule has 0 unspecified atom stereocenters. The van der Waals surface area contributed by atoms with Crippen LogP contribution in [0.4, 0.5) is 0 Å². The first-order chi connectivity index (χ1) is 8.84. The Balaban J connectivity index is 2.79. The van der Waals surface area contributed by atoms with Crippen molar-refractivity contribution in [2.75, 3.05) is 0 Å². The maximum absolute atomic E-state index is 11.6. The Kier molecular flexibility index (Phi) is 3.05. The Hall–Kier alpha value is -2.31. The third-order valence-corrected chi connectivity index (χ3v) is 3.32. The summed E-state index contributed by atoms with van der Waals surface area (Å²) < 4.78 is 24.2. The van der Waals surface area contributed by atoms with Gasteiger partial charge in [0.05, 0.1) is 11.4 Å². The van der Waals surface area contributed by atoms with Crippen LogP contribution in [0.25, 0.3) is 5.82 Å². The molecule has 0 spiro atoms. The first-order valence-electron chi connectivity index (χ1n) is 5.18. The van der Waals surface area contributed by atoms with Crippen molar-refractivity contribution in [1.82, 2.24) is 20.0 Å². The van der Waals surface area contributed by atoms with Crippen molar-refractivity contribution >= 4 is 10.0 Å². The lowest BCUT2D eigenvalue weighted by Crippen LogP contribution is -2.19. The van der Waals surface area contributed by atoms with Crippen LogP contribution in [0, 0.1) is 25.2 Å². The lowest BCUT2D eigenvalue weighted by Gasteiger charge is -2.04. The number of rotatable bonds is 2. The van der Waals surface area contributed by atoms with E-state index in [4.69, 9.17) is 10.4 Å². The summed E-state index contributed by atoms with van der Waals surface area (Å²) in [6.07, 6.45) is 0. The van der Waals surface area contributed by atoms with E-state index in [0.29, 0.717) is 5.69 Å². The Morgan fingerprint density at radius 3 is 2.47 bits per heavy atom. The number of hydrogen-bond donors (Lipinski definition) is 1. The molecule has 98 valence electrons. The SMILES string of the molecule is Cc1ccc(-n2nc(C)c(C#N)c2S(N)(=O)=O)nn1. The number of aryl methyl sites for hydroxylation is 2. The Morgan fingerprint density at radius 2 is 2.00 bits per heavy atom. The molecule has 0 saturated heterocycles. The molecule has 0 aromatic carbocycles. The number of hydrogen-bond acceptors (Lipinski definition) is 6. The van der Waals surface area contributed by atoms with Crippen LogP contribution in [-0.2, 0) is 10.0 Å². The summed E-state index contributed by atoms with van der Waals surface area (Å²) in [4.78, 5) is 0. The van der Waals surface area contributed by atoms with E-state index >= 15 is 0 Å². The standard InChI is InChI=1S/C10H10N6O2S/c1-6-3-4-9(14-13-6)16-10(19(12,17)18)8(5-11)7(2)15-16/h3-4H,1-2H3,(H2,12,17,18). The van der Waals surface area contributed by atoms with E-state index in [9.17, 15) is 8.42 Å². The van der Waals surface area contributed by atoms with Gasteiger partial charge in [-0.25, -0.2) is 13.6 Å². The van der Waals surface area contributed by atoms with Crippen LogP contribution in [0.15, 0.2) is 17.2 Å². The van der Waals surface area contributed by atoms with Gasteiger partial charge in [0, 0.05) is 0 Å². The largest absolute Gasteiger partial charge is 0.257 e. The molecule has 8 nitrogen and oxygen atoms in total. The van der Waals surface area contributed by atoms with E-state index in [0.717, 1.165) is 4.68 Å². The maximum Gasteiger partial charge on any atom is 0.257 e. The molecule has 0 atom stereocenters. The second-order valence-electron chi connectivity index (χ2n) is 3.87. The highest BCUT2D eigenvalue weighted by atomic mass is 32.2. The molecule has 0 fully saturated rings. The van der Waals surface area contributed by atoms with Gasteiger partial charge in [-0.1, -0.05) is 0 Å². The second-order valence-corrected chi connectivity index (χ2v) is 5.34. The molecule has 2 N–H and O–H groups in total. The first-order valence-corrected chi connectivity index (χ1v) is 6.72. The minimum absolute atomic E-state index is 0.0927. The van der Waals surface area contributed by atoms with Gasteiger partial charge in [-0.2, -0.15) is 20.1 Å². The minimum Gasteiger partial charge on any atom is -0.223 e. The molecule has 0 aliphatic carbocycles. The molecule has 0 amide bonds. The van der Waals surface area contributed by atoms with Crippen molar-refractivity contribution in [3.63, 3.8) is 0 Å². The van der Waals surface area contributed by atoms with Crippen molar-refractivity contribution < 1.29 is 8.42 Å². The molecular formula is C10H10N6O2S. The van der Waals surface area contributed by atoms with E-state index in [1.54, 1.807) is 25.1 Å². The average molecular weight is 278 g/mol. The highest BCUT2D eigenvalue weighted by molar-refractivity contribution is 7.89. The zero-order valence-corrected chi connectivity index (χ0v) is 11.0. The number of nitrogens with two attached hydrogens (primary N) is 1. The predicted molar refractivity (Wildman–Crippen MR) is 64.7 cm³/mol. The summed E-state index contributed by atoms with van der Waals surface area (Å²) in [7, 11) is -4.10. The minimum atomic E-state index is -4.10. The van der Waals surface area contributed by atoms with Gasteiger partial charge in [-0.15, -0.1) is 5.10 Å². The summed E-state index contributed by atoms with van der Waals surface area (Å²) in [6, 6.07) is 4.98. The van der Waals surface area contributed by atoms with E-state index in [1.807, 2.05) is 0 Å². The highest BCUT2D eigenvalue weighted by Gasteiger charge is 2.25. The summed E-state index contributed by atoms with van der Waals surface area (Å²) in [6.45, 7) is 3.26. The van der Waals surface area contributed by atoms with Gasteiger partial charge in [-0.05, 0) is 26.0 Å². The van der Waals surface area contributed by atoms with E-state index in [-0.39, 0.29) is 22.1 Å². The van der Waals surface area contributed by atoms with Crippen LogP contribution in [0.1, 0.15) is 17.0 Å². The number of primary sulfonamides is 1. The quantitative estimate of drug-likeness (QED) is 0.810. The van der Waals surface area contributed by atoms with Crippen molar-refractivity contribution in [3.05, 3.63) is 29.1 Å². The van der Waals surface area contributed by atoms with Crippen molar-refractivity contribution in [2.24, 2.45) is 5.14 Å². The van der Waals surface area contributed by atoms with Crippen molar-refractivity contribution in [3.8, 4) is 11.9 Å². The zero-order valence-electron chi connectivity index (χ0n) is 10.2. The number of sulfonamides is 1. The molecule has 2 heterocycles. The van der Waals surface area contributed by atoms with Crippen molar-refractivity contribution in [2.45, 2.75) is 18.9 Å². The second kappa shape index (κ2) is 4.42. The summed E-state index contributed by atoms with van der Waals surface area (Å²) in [5.74, 6) is 0.180. The maximum atomic E-state index is 11.6. The molecule has 19 heavy (non-hydrogen) atoms. The first kappa shape index (κ1) is 13.1. The zero-order chi connectivity index (χ0) is 14.2. The van der Waals surface area contributed by atoms with Crippen molar-refractivity contribution in [1.29, 1.82) is 5.26 Å². The van der Waals surface area contributed by atoms with Gasteiger partial charge in [0.25, 0.3) is 10.0 Å². The number of nitriles is 1. The summed E-state index contributed by atoms with van der Waals surface area (Å²) in [5.41, 5.74) is 0.837. The molecule has 2 aromatic rings. The fourth-order valence-electron chi connectivity index (χ4n) is 1.56. The molecule has 0 saturated carbocycles. The number of nitrogens with zero attached hydrogens (tertiary/aromatic N) is 5. The molecule has 0 aliphatic heterocycles. The molecule has 0 radical (unpaired) electrons.